The lowest BCUT2D eigenvalue weighted by molar-refractivity contribution is -2.00. The van der Waals surface area contributed by atoms with Crippen LogP contribution < -0.4 is 18.6 Å². The van der Waals surface area contributed by atoms with Crippen LogP contribution in [0.5, 0.6) is 0 Å². The molecule has 0 radical (unpaired) electrons. The van der Waals surface area contributed by atoms with Crippen LogP contribution in [0.1, 0.15) is 26.3 Å². The fourth-order valence-electron chi connectivity index (χ4n) is 2.42. The van der Waals surface area contributed by atoms with Gasteiger partial charge in [0.25, 0.3) is 0 Å². The second-order valence-corrected chi connectivity index (χ2v) is 7.69. The second-order valence-electron chi connectivity index (χ2n) is 6.93. The number of rotatable bonds is 2. The summed E-state index contributed by atoms with van der Waals surface area (Å²) in [6.07, 6.45) is 0. The molecule has 0 spiro atoms. The van der Waals surface area contributed by atoms with Crippen LogP contribution in [-0.4, -0.2) is 0 Å². The van der Waals surface area contributed by atoms with Crippen LogP contribution in [0.2, 0.25) is 0 Å². The van der Waals surface area contributed by atoms with Gasteiger partial charge < -0.3 is 0 Å². The number of hydrogen-bond acceptors (Lipinski definition) is 4. The SMILES string of the molecule is CC(C)(C)c1cc(-c2ccccc2)[o+]c(-c2ccccc2)c1.[O-][Cl+3]([O-])([O-])[O-]. The molecule has 0 atom stereocenters. The van der Waals surface area contributed by atoms with E-state index in [1.807, 2.05) is 36.4 Å². The van der Waals surface area contributed by atoms with Crippen molar-refractivity contribution in [1.82, 2.24) is 0 Å². The third-order valence-corrected chi connectivity index (χ3v) is 3.78. The van der Waals surface area contributed by atoms with Crippen molar-refractivity contribution in [3.63, 3.8) is 0 Å². The molecule has 0 aliphatic carbocycles. The summed E-state index contributed by atoms with van der Waals surface area (Å²) in [7, 11) is -4.94. The van der Waals surface area contributed by atoms with Gasteiger partial charge in [-0.15, -0.1) is 10.2 Å². The topological polar surface area (TPSA) is 104 Å². The first-order valence-electron chi connectivity index (χ1n) is 8.25. The summed E-state index contributed by atoms with van der Waals surface area (Å²) in [5.41, 5.74) is 3.55. The quantitative estimate of drug-likeness (QED) is 0.618. The van der Waals surface area contributed by atoms with Gasteiger partial charge in [-0.25, -0.2) is 23.1 Å². The first-order chi connectivity index (χ1) is 12.5. The Labute approximate surface area is 160 Å². The van der Waals surface area contributed by atoms with E-state index in [1.165, 1.54) is 5.56 Å². The monoisotopic (exact) mass is 388 g/mol. The Hall–Kier alpha value is -2.28. The summed E-state index contributed by atoms with van der Waals surface area (Å²) in [6, 6.07) is 24.8. The maximum atomic E-state index is 8.49. The molecule has 0 unspecified atom stereocenters. The zero-order chi connectivity index (χ0) is 20.1. The lowest BCUT2D eigenvalue weighted by atomic mass is 9.86. The zero-order valence-corrected chi connectivity index (χ0v) is 16.1. The van der Waals surface area contributed by atoms with E-state index in [0.29, 0.717) is 0 Å². The molecule has 3 rings (SSSR count). The molecular formula is C21H21ClO5. The van der Waals surface area contributed by atoms with E-state index in [-0.39, 0.29) is 5.41 Å². The van der Waals surface area contributed by atoms with Crippen LogP contribution in [0.3, 0.4) is 0 Å². The van der Waals surface area contributed by atoms with E-state index >= 15 is 0 Å². The van der Waals surface area contributed by atoms with Crippen molar-refractivity contribution in [3.05, 3.63) is 78.4 Å². The summed E-state index contributed by atoms with van der Waals surface area (Å²) < 4.78 is 40.2. The van der Waals surface area contributed by atoms with Gasteiger partial charge in [-0.3, -0.25) is 0 Å². The van der Waals surface area contributed by atoms with E-state index < -0.39 is 10.2 Å². The molecule has 0 fully saturated rings. The van der Waals surface area contributed by atoms with Crippen LogP contribution in [0.4, 0.5) is 0 Å². The highest BCUT2D eigenvalue weighted by atomic mass is 35.7. The number of hydrogen-bond donors (Lipinski definition) is 0. The van der Waals surface area contributed by atoms with Crippen LogP contribution in [-0.2, 0) is 5.41 Å². The van der Waals surface area contributed by atoms with E-state index in [1.54, 1.807) is 0 Å². The van der Waals surface area contributed by atoms with Gasteiger partial charge in [-0.05, 0) is 35.2 Å². The zero-order valence-electron chi connectivity index (χ0n) is 15.3. The normalized spacial score (nSPS) is 11.5. The average Bonchev–Trinajstić information content (AvgIpc) is 2.61. The third kappa shape index (κ3) is 7.09. The Morgan fingerprint density at radius 1 is 0.667 bits per heavy atom. The lowest BCUT2D eigenvalue weighted by Crippen LogP contribution is -2.68. The van der Waals surface area contributed by atoms with E-state index in [4.69, 9.17) is 23.1 Å². The number of benzene rings is 2. The van der Waals surface area contributed by atoms with Crippen LogP contribution >= 0.6 is 0 Å². The minimum atomic E-state index is -4.94. The first kappa shape index (κ1) is 21.0. The lowest BCUT2D eigenvalue weighted by Gasteiger charge is -2.17. The van der Waals surface area contributed by atoms with Gasteiger partial charge in [-0.1, -0.05) is 57.2 Å². The fourth-order valence-corrected chi connectivity index (χ4v) is 2.42. The van der Waals surface area contributed by atoms with Crippen molar-refractivity contribution >= 4 is 0 Å². The fraction of sp³-hybridized carbons (Fsp3) is 0.190. The Balaban J connectivity index is 0.000000465. The summed E-state index contributed by atoms with van der Waals surface area (Å²) in [5.74, 6) is 1.82. The molecule has 1 heterocycles. The standard InChI is InChI=1S/C21H21O.ClHO4/c1-21(2,3)18-14-19(16-10-6-4-7-11-16)22-20(15-18)17-12-8-5-9-13-17;2-1(3,4)5/h4-15H,1-3H3;(H,2,3,4,5)/q+1;/p-1. The molecule has 0 N–H and O–H groups in total. The highest BCUT2D eigenvalue weighted by molar-refractivity contribution is 5.64. The predicted molar refractivity (Wildman–Crippen MR) is 92.7 cm³/mol. The minimum absolute atomic E-state index is 0.0733. The van der Waals surface area contributed by atoms with Crippen LogP contribution in [0.15, 0.2) is 77.2 Å². The molecule has 0 bridgehead atoms. The maximum absolute atomic E-state index is 8.49. The van der Waals surface area contributed by atoms with Crippen molar-refractivity contribution in [3.8, 4) is 22.6 Å². The van der Waals surface area contributed by atoms with Crippen molar-refractivity contribution in [2.75, 3.05) is 0 Å². The summed E-state index contributed by atoms with van der Waals surface area (Å²) in [6.45, 7) is 6.68. The molecule has 0 aliphatic heterocycles. The van der Waals surface area contributed by atoms with Crippen molar-refractivity contribution in [2.45, 2.75) is 26.2 Å². The Bertz CT molecular complexity index is 789. The molecule has 6 heteroatoms. The first-order valence-corrected chi connectivity index (χ1v) is 9.49. The van der Waals surface area contributed by atoms with Gasteiger partial charge in [0.1, 0.15) is 0 Å². The molecule has 1 aromatic heterocycles. The van der Waals surface area contributed by atoms with Gasteiger partial charge in [0, 0.05) is 12.1 Å². The molecular weight excluding hydrogens is 368 g/mol. The molecule has 5 nitrogen and oxygen atoms in total. The molecule has 0 amide bonds. The van der Waals surface area contributed by atoms with Crippen LogP contribution in [0, 0.1) is 10.2 Å². The minimum Gasteiger partial charge on any atom is -0.222 e. The van der Waals surface area contributed by atoms with Crippen molar-refractivity contribution < 1.29 is 33.3 Å². The van der Waals surface area contributed by atoms with E-state index in [0.717, 1.165) is 22.6 Å². The summed E-state index contributed by atoms with van der Waals surface area (Å²) in [5, 5.41) is 0. The molecule has 0 saturated carbocycles. The molecule has 142 valence electrons. The van der Waals surface area contributed by atoms with Crippen molar-refractivity contribution in [2.24, 2.45) is 0 Å². The Morgan fingerprint density at radius 2 is 1.00 bits per heavy atom. The van der Waals surface area contributed by atoms with Gasteiger partial charge in [0.05, 0.1) is 11.1 Å². The Morgan fingerprint density at radius 3 is 1.30 bits per heavy atom. The predicted octanol–water partition coefficient (Wildman–Crippen LogP) is 1.44. The van der Waals surface area contributed by atoms with Gasteiger partial charge >= 0.3 is 11.5 Å². The Kier molecular flexibility index (Phi) is 6.70. The maximum Gasteiger partial charge on any atom is 0.361 e. The average molecular weight is 389 g/mol. The number of halogens is 1. The molecule has 2 aromatic carbocycles. The molecule has 3 aromatic rings. The van der Waals surface area contributed by atoms with Gasteiger partial charge in [0.15, 0.2) is 0 Å². The molecule has 0 saturated heterocycles. The summed E-state index contributed by atoms with van der Waals surface area (Å²) in [4.78, 5) is 0. The van der Waals surface area contributed by atoms with Gasteiger partial charge in [0.2, 0.25) is 0 Å². The molecule has 27 heavy (non-hydrogen) atoms. The summed E-state index contributed by atoms with van der Waals surface area (Å²) >= 11 is 0. The van der Waals surface area contributed by atoms with Crippen molar-refractivity contribution in [1.29, 1.82) is 0 Å². The highest BCUT2D eigenvalue weighted by Gasteiger charge is 2.24. The van der Waals surface area contributed by atoms with E-state index in [2.05, 4.69) is 57.2 Å². The van der Waals surface area contributed by atoms with Gasteiger partial charge in [-0.2, -0.15) is 0 Å². The largest absolute Gasteiger partial charge is 0.361 e. The van der Waals surface area contributed by atoms with Crippen LogP contribution in [0.25, 0.3) is 22.6 Å². The second kappa shape index (κ2) is 8.61. The molecule has 0 aliphatic rings. The van der Waals surface area contributed by atoms with E-state index in [9.17, 15) is 0 Å². The third-order valence-electron chi connectivity index (χ3n) is 3.78. The smallest absolute Gasteiger partial charge is 0.222 e. The highest BCUT2D eigenvalue weighted by Crippen LogP contribution is 2.33.